The molecule has 0 heterocycles. The molecule has 0 atom stereocenters. The smallest absolute Gasteiger partial charge is 0.261 e. The van der Waals surface area contributed by atoms with Gasteiger partial charge < -0.3 is 4.74 Å². The van der Waals surface area contributed by atoms with Crippen LogP contribution in [0.4, 0.5) is 8.78 Å². The number of hydrogen-bond acceptors (Lipinski definition) is 2. The topological polar surface area (TPSA) is 26.3 Å². The van der Waals surface area contributed by atoms with Crippen molar-refractivity contribution in [2.45, 2.75) is 19.3 Å². The predicted molar refractivity (Wildman–Crippen MR) is 66.6 cm³/mol. The zero-order valence-electron chi connectivity index (χ0n) is 9.47. The molecule has 0 saturated carbocycles. The van der Waals surface area contributed by atoms with E-state index in [4.69, 9.17) is 23.2 Å². The van der Waals surface area contributed by atoms with Crippen molar-refractivity contribution in [3.63, 3.8) is 0 Å². The molecule has 1 aromatic rings. The number of rotatable bonds is 7. The Hall–Kier alpha value is -0.710. The van der Waals surface area contributed by atoms with E-state index in [9.17, 15) is 13.6 Å². The standard InChI is InChI=1S/C12H12Cl2F2O2/c13-10-2-1-8(6-11(10)14)5-9(17)3-4-18-7-12(15)16/h1-2,6,12H,3-5,7H2. The highest BCUT2D eigenvalue weighted by atomic mass is 35.5. The number of carbonyl (C=O) groups is 1. The maximum absolute atomic E-state index is 11.8. The van der Waals surface area contributed by atoms with Gasteiger partial charge in [-0.25, -0.2) is 8.78 Å². The van der Waals surface area contributed by atoms with Crippen LogP contribution in [0.25, 0.3) is 0 Å². The van der Waals surface area contributed by atoms with Gasteiger partial charge in [-0.05, 0) is 17.7 Å². The summed E-state index contributed by atoms with van der Waals surface area (Å²) >= 11 is 11.5. The molecule has 0 amide bonds. The van der Waals surface area contributed by atoms with Crippen molar-refractivity contribution in [2.24, 2.45) is 0 Å². The number of alkyl halides is 2. The Morgan fingerprint density at radius 2 is 2.00 bits per heavy atom. The van der Waals surface area contributed by atoms with Gasteiger partial charge in [0.15, 0.2) is 0 Å². The monoisotopic (exact) mass is 296 g/mol. The minimum absolute atomic E-state index is 0.00446. The van der Waals surface area contributed by atoms with Crippen LogP contribution in [0.2, 0.25) is 10.0 Å². The Balaban J connectivity index is 2.33. The Bertz CT molecular complexity index is 411. The predicted octanol–water partition coefficient (Wildman–Crippen LogP) is 3.78. The molecule has 1 rings (SSSR count). The SMILES string of the molecule is O=C(CCOCC(F)F)Cc1ccc(Cl)c(Cl)c1. The van der Waals surface area contributed by atoms with Crippen molar-refractivity contribution in [3.05, 3.63) is 33.8 Å². The molecule has 2 nitrogen and oxygen atoms in total. The number of hydrogen-bond donors (Lipinski definition) is 0. The molecule has 0 N–H and O–H groups in total. The summed E-state index contributed by atoms with van der Waals surface area (Å²) in [6.07, 6.45) is -2.21. The molecule has 1 aromatic carbocycles. The largest absolute Gasteiger partial charge is 0.375 e. The Morgan fingerprint density at radius 3 is 2.61 bits per heavy atom. The third-order valence-electron chi connectivity index (χ3n) is 2.15. The molecule has 0 aliphatic carbocycles. The summed E-state index contributed by atoms with van der Waals surface area (Å²) in [6, 6.07) is 4.92. The Kier molecular flexibility index (Phi) is 6.54. The van der Waals surface area contributed by atoms with Crippen molar-refractivity contribution < 1.29 is 18.3 Å². The van der Waals surface area contributed by atoms with Crippen molar-refractivity contribution in [1.82, 2.24) is 0 Å². The van der Waals surface area contributed by atoms with Gasteiger partial charge in [0, 0.05) is 12.8 Å². The first kappa shape index (κ1) is 15.3. The minimum atomic E-state index is -2.50. The highest BCUT2D eigenvalue weighted by molar-refractivity contribution is 6.42. The molecule has 0 spiro atoms. The minimum Gasteiger partial charge on any atom is -0.375 e. The molecule has 0 radical (unpaired) electrons. The van der Waals surface area contributed by atoms with E-state index in [-0.39, 0.29) is 25.2 Å². The van der Waals surface area contributed by atoms with Gasteiger partial charge in [0.05, 0.1) is 16.7 Å². The van der Waals surface area contributed by atoms with E-state index in [2.05, 4.69) is 4.74 Å². The van der Waals surface area contributed by atoms with E-state index in [1.165, 1.54) is 0 Å². The van der Waals surface area contributed by atoms with Crippen molar-refractivity contribution >= 4 is 29.0 Å². The molecular formula is C12H12Cl2F2O2. The summed E-state index contributed by atoms with van der Waals surface area (Å²) < 4.78 is 28.1. The second-order valence-corrected chi connectivity index (χ2v) is 4.49. The summed E-state index contributed by atoms with van der Waals surface area (Å²) in [5.74, 6) is -0.0948. The van der Waals surface area contributed by atoms with Gasteiger partial charge in [-0.15, -0.1) is 0 Å². The zero-order valence-corrected chi connectivity index (χ0v) is 11.0. The number of Topliss-reactive ketones (excluding diaryl/α,β-unsaturated/α-hetero) is 1. The van der Waals surface area contributed by atoms with Crippen molar-refractivity contribution in [1.29, 1.82) is 0 Å². The van der Waals surface area contributed by atoms with Gasteiger partial charge in [0.2, 0.25) is 0 Å². The lowest BCUT2D eigenvalue weighted by atomic mass is 10.1. The number of halogens is 4. The van der Waals surface area contributed by atoms with Gasteiger partial charge in [-0.2, -0.15) is 0 Å². The molecule has 0 aliphatic heterocycles. The summed E-state index contributed by atoms with van der Waals surface area (Å²) in [5.41, 5.74) is 0.739. The maximum Gasteiger partial charge on any atom is 0.261 e. The highest BCUT2D eigenvalue weighted by Gasteiger charge is 2.07. The second-order valence-electron chi connectivity index (χ2n) is 3.68. The quantitative estimate of drug-likeness (QED) is 0.716. The van der Waals surface area contributed by atoms with Gasteiger partial charge in [0.1, 0.15) is 12.4 Å². The van der Waals surface area contributed by atoms with Crippen LogP contribution in [-0.2, 0) is 16.0 Å². The summed E-state index contributed by atoms with van der Waals surface area (Å²) in [4.78, 5) is 11.5. The van der Waals surface area contributed by atoms with Gasteiger partial charge in [-0.3, -0.25) is 4.79 Å². The summed E-state index contributed by atoms with van der Waals surface area (Å²) in [7, 11) is 0. The third-order valence-corrected chi connectivity index (χ3v) is 2.89. The fraction of sp³-hybridized carbons (Fsp3) is 0.417. The maximum atomic E-state index is 11.8. The normalized spacial score (nSPS) is 10.9. The van der Waals surface area contributed by atoms with E-state index in [0.29, 0.717) is 10.0 Å². The van der Waals surface area contributed by atoms with Crippen LogP contribution in [0.1, 0.15) is 12.0 Å². The van der Waals surface area contributed by atoms with Crippen LogP contribution in [0.3, 0.4) is 0 Å². The molecule has 6 heteroatoms. The van der Waals surface area contributed by atoms with E-state index >= 15 is 0 Å². The zero-order chi connectivity index (χ0) is 13.5. The molecule has 18 heavy (non-hydrogen) atoms. The lowest BCUT2D eigenvalue weighted by Crippen LogP contribution is -2.10. The average molecular weight is 297 g/mol. The number of ether oxygens (including phenoxy) is 1. The molecule has 0 saturated heterocycles. The van der Waals surface area contributed by atoms with E-state index in [1.807, 2.05) is 0 Å². The molecule has 0 unspecified atom stereocenters. The van der Waals surface area contributed by atoms with Crippen LogP contribution in [0.5, 0.6) is 0 Å². The lowest BCUT2D eigenvalue weighted by Gasteiger charge is -2.04. The molecule has 0 aromatic heterocycles. The molecular weight excluding hydrogens is 285 g/mol. The van der Waals surface area contributed by atoms with Crippen LogP contribution in [0, 0.1) is 0 Å². The fourth-order valence-electron chi connectivity index (χ4n) is 1.32. The highest BCUT2D eigenvalue weighted by Crippen LogP contribution is 2.22. The van der Waals surface area contributed by atoms with Crippen molar-refractivity contribution in [3.8, 4) is 0 Å². The van der Waals surface area contributed by atoms with Gasteiger partial charge in [-0.1, -0.05) is 29.3 Å². The van der Waals surface area contributed by atoms with Crippen LogP contribution >= 0.6 is 23.2 Å². The molecule has 0 fully saturated rings. The van der Waals surface area contributed by atoms with Gasteiger partial charge in [0.25, 0.3) is 6.43 Å². The molecule has 0 aliphatic rings. The summed E-state index contributed by atoms with van der Waals surface area (Å²) in [5, 5.41) is 0.809. The fourth-order valence-corrected chi connectivity index (χ4v) is 1.64. The van der Waals surface area contributed by atoms with Gasteiger partial charge >= 0.3 is 0 Å². The van der Waals surface area contributed by atoms with E-state index < -0.39 is 13.0 Å². The molecule has 100 valence electrons. The first-order valence-electron chi connectivity index (χ1n) is 5.30. The Labute approximate surface area is 114 Å². The number of ketones is 1. The lowest BCUT2D eigenvalue weighted by molar-refractivity contribution is -0.119. The second kappa shape index (κ2) is 7.67. The average Bonchev–Trinajstić information content (AvgIpc) is 2.29. The first-order chi connectivity index (χ1) is 8.49. The van der Waals surface area contributed by atoms with Crippen molar-refractivity contribution in [2.75, 3.05) is 13.2 Å². The van der Waals surface area contributed by atoms with E-state index in [0.717, 1.165) is 5.56 Å². The van der Waals surface area contributed by atoms with Crippen LogP contribution in [-0.4, -0.2) is 25.4 Å². The summed E-state index contributed by atoms with van der Waals surface area (Å²) in [6.45, 7) is -0.634. The van der Waals surface area contributed by atoms with E-state index in [1.54, 1.807) is 18.2 Å². The number of benzene rings is 1. The van der Waals surface area contributed by atoms with Crippen LogP contribution in [0.15, 0.2) is 18.2 Å². The molecule has 0 bridgehead atoms. The third kappa shape index (κ3) is 5.76. The Morgan fingerprint density at radius 1 is 1.28 bits per heavy atom. The van der Waals surface area contributed by atoms with Crippen LogP contribution < -0.4 is 0 Å². The number of carbonyl (C=O) groups excluding carboxylic acids is 1. The first-order valence-corrected chi connectivity index (χ1v) is 6.06.